The number of amides is 3. The van der Waals surface area contributed by atoms with E-state index in [1.165, 1.54) is 18.6 Å². The van der Waals surface area contributed by atoms with E-state index < -0.39 is 5.91 Å². The summed E-state index contributed by atoms with van der Waals surface area (Å²) in [5.41, 5.74) is 0.151. The maximum absolute atomic E-state index is 11.7. The Labute approximate surface area is 99.1 Å². The lowest BCUT2D eigenvalue weighted by Crippen LogP contribution is -2.45. The van der Waals surface area contributed by atoms with Crippen LogP contribution in [0.3, 0.4) is 0 Å². The average molecular weight is 234 g/mol. The molecule has 0 atom stereocenters. The van der Waals surface area contributed by atoms with Gasteiger partial charge < -0.3 is 4.90 Å². The Morgan fingerprint density at radius 1 is 1.18 bits per heavy atom. The molecule has 6 heteroatoms. The first kappa shape index (κ1) is 11.5. The second-order valence-electron chi connectivity index (χ2n) is 3.90. The molecule has 90 valence electrons. The van der Waals surface area contributed by atoms with E-state index in [-0.39, 0.29) is 11.7 Å². The Bertz CT molecular complexity index is 401. The minimum Gasteiger partial charge on any atom is -0.324 e. The van der Waals surface area contributed by atoms with Crippen LogP contribution in [0.2, 0.25) is 0 Å². The van der Waals surface area contributed by atoms with Crippen LogP contribution in [0.25, 0.3) is 0 Å². The summed E-state index contributed by atoms with van der Waals surface area (Å²) >= 11 is 0. The number of hydrogen-bond donors (Lipinski definition) is 1. The number of urea groups is 1. The van der Waals surface area contributed by atoms with Crippen molar-refractivity contribution >= 4 is 11.9 Å². The normalized spacial score (nSPS) is 15.4. The highest BCUT2D eigenvalue weighted by Crippen LogP contribution is 2.08. The van der Waals surface area contributed by atoms with Crippen LogP contribution < -0.4 is 5.32 Å². The number of carbonyl (C=O) groups is 2. The van der Waals surface area contributed by atoms with Crippen molar-refractivity contribution < 1.29 is 9.59 Å². The summed E-state index contributed by atoms with van der Waals surface area (Å²) in [6.45, 7) is 1.42. The largest absolute Gasteiger partial charge is 0.324 e. The molecule has 0 bridgehead atoms. The molecular weight excluding hydrogens is 220 g/mol. The Hall–Kier alpha value is -1.98. The Morgan fingerprint density at radius 3 is 2.59 bits per heavy atom. The van der Waals surface area contributed by atoms with Crippen LogP contribution in [0.4, 0.5) is 4.79 Å². The molecule has 2 rings (SSSR count). The average Bonchev–Trinajstić information content (AvgIpc) is 2.40. The summed E-state index contributed by atoms with van der Waals surface area (Å²) in [5.74, 6) is -0.506. The van der Waals surface area contributed by atoms with Gasteiger partial charge in [0.25, 0.3) is 5.91 Å². The summed E-state index contributed by atoms with van der Waals surface area (Å²) in [7, 11) is 0. The predicted molar refractivity (Wildman–Crippen MR) is 60.3 cm³/mol. The molecule has 1 fully saturated rings. The molecule has 1 saturated heterocycles. The number of carbonyl (C=O) groups excluding carboxylic acids is 2. The van der Waals surface area contributed by atoms with Gasteiger partial charge in [-0.3, -0.25) is 15.1 Å². The zero-order chi connectivity index (χ0) is 12.1. The van der Waals surface area contributed by atoms with Crippen molar-refractivity contribution in [3.63, 3.8) is 0 Å². The van der Waals surface area contributed by atoms with Crippen LogP contribution >= 0.6 is 0 Å². The van der Waals surface area contributed by atoms with Crippen LogP contribution in [-0.2, 0) is 0 Å². The van der Waals surface area contributed by atoms with E-state index in [0.29, 0.717) is 13.1 Å². The van der Waals surface area contributed by atoms with Crippen molar-refractivity contribution in [3.8, 4) is 0 Å². The fourth-order valence-corrected chi connectivity index (χ4v) is 1.75. The molecule has 2 heterocycles. The molecule has 6 nitrogen and oxygen atoms in total. The minimum atomic E-state index is -0.506. The number of nitrogens with zero attached hydrogens (tertiary/aromatic N) is 3. The fourth-order valence-electron chi connectivity index (χ4n) is 1.75. The number of nitrogens with one attached hydrogen (secondary N) is 1. The number of hydrogen-bond acceptors (Lipinski definition) is 4. The molecule has 1 aliphatic rings. The zero-order valence-corrected chi connectivity index (χ0v) is 9.43. The lowest BCUT2D eigenvalue weighted by atomic mass is 10.1. The molecule has 0 aliphatic carbocycles. The third kappa shape index (κ3) is 2.99. The highest BCUT2D eigenvalue weighted by Gasteiger charge is 2.19. The molecule has 17 heavy (non-hydrogen) atoms. The van der Waals surface area contributed by atoms with Crippen molar-refractivity contribution in [3.05, 3.63) is 24.3 Å². The van der Waals surface area contributed by atoms with Crippen molar-refractivity contribution in [2.24, 2.45) is 0 Å². The van der Waals surface area contributed by atoms with Crippen molar-refractivity contribution in [2.45, 2.75) is 19.3 Å². The van der Waals surface area contributed by atoms with Gasteiger partial charge in [0.05, 0.1) is 6.20 Å². The Morgan fingerprint density at radius 2 is 1.94 bits per heavy atom. The van der Waals surface area contributed by atoms with E-state index in [1.807, 2.05) is 0 Å². The quantitative estimate of drug-likeness (QED) is 0.780. The van der Waals surface area contributed by atoms with Crippen molar-refractivity contribution in [1.82, 2.24) is 20.2 Å². The number of imide groups is 1. The van der Waals surface area contributed by atoms with Gasteiger partial charge in [-0.25, -0.2) is 9.78 Å². The van der Waals surface area contributed by atoms with Gasteiger partial charge in [-0.05, 0) is 19.3 Å². The van der Waals surface area contributed by atoms with Gasteiger partial charge in [0, 0.05) is 25.5 Å². The van der Waals surface area contributed by atoms with Gasteiger partial charge in [-0.2, -0.15) is 0 Å². The van der Waals surface area contributed by atoms with E-state index >= 15 is 0 Å². The molecule has 0 aromatic carbocycles. The molecule has 1 aromatic rings. The van der Waals surface area contributed by atoms with Gasteiger partial charge in [0.1, 0.15) is 5.69 Å². The van der Waals surface area contributed by atoms with Crippen LogP contribution in [0.15, 0.2) is 18.6 Å². The smallest absolute Gasteiger partial charge is 0.324 e. The monoisotopic (exact) mass is 234 g/mol. The van der Waals surface area contributed by atoms with E-state index in [9.17, 15) is 9.59 Å². The summed E-state index contributed by atoms with van der Waals surface area (Å²) in [4.78, 5) is 32.6. The lowest BCUT2D eigenvalue weighted by Gasteiger charge is -2.26. The van der Waals surface area contributed by atoms with Gasteiger partial charge >= 0.3 is 6.03 Å². The minimum absolute atomic E-state index is 0.151. The first-order valence-corrected chi connectivity index (χ1v) is 5.63. The highest BCUT2D eigenvalue weighted by atomic mass is 16.2. The molecule has 0 unspecified atom stereocenters. The summed E-state index contributed by atoms with van der Waals surface area (Å²) in [6.07, 6.45) is 7.35. The van der Waals surface area contributed by atoms with Crippen molar-refractivity contribution in [2.75, 3.05) is 13.1 Å². The topological polar surface area (TPSA) is 75.2 Å². The van der Waals surface area contributed by atoms with E-state index in [1.54, 1.807) is 4.90 Å². The Kier molecular flexibility index (Phi) is 3.64. The first-order chi connectivity index (χ1) is 8.27. The SMILES string of the molecule is O=C(NC(=O)N1CCCCC1)c1cnccn1. The standard InChI is InChI=1S/C11H14N4O2/c16-10(9-8-12-4-5-13-9)14-11(17)15-6-2-1-3-7-15/h4-5,8H,1-3,6-7H2,(H,14,16,17). The first-order valence-electron chi connectivity index (χ1n) is 5.63. The van der Waals surface area contributed by atoms with Gasteiger partial charge in [-0.15, -0.1) is 0 Å². The van der Waals surface area contributed by atoms with E-state index in [0.717, 1.165) is 19.3 Å². The maximum Gasteiger partial charge on any atom is 0.324 e. The second-order valence-corrected chi connectivity index (χ2v) is 3.90. The molecule has 1 aliphatic heterocycles. The van der Waals surface area contributed by atoms with Crippen LogP contribution in [0, 0.1) is 0 Å². The third-order valence-corrected chi connectivity index (χ3v) is 2.66. The second kappa shape index (κ2) is 5.38. The van der Waals surface area contributed by atoms with Crippen molar-refractivity contribution in [1.29, 1.82) is 0 Å². The predicted octanol–water partition coefficient (Wildman–Crippen LogP) is 0.812. The molecule has 0 spiro atoms. The highest BCUT2D eigenvalue weighted by molar-refractivity contribution is 6.02. The van der Waals surface area contributed by atoms with Crippen LogP contribution in [0.5, 0.6) is 0 Å². The van der Waals surface area contributed by atoms with Crippen LogP contribution in [0.1, 0.15) is 29.8 Å². The lowest BCUT2D eigenvalue weighted by molar-refractivity contribution is 0.0943. The molecule has 0 radical (unpaired) electrons. The number of rotatable bonds is 1. The zero-order valence-electron chi connectivity index (χ0n) is 9.43. The summed E-state index contributed by atoms with van der Waals surface area (Å²) in [6, 6.07) is -0.347. The Balaban J connectivity index is 1.92. The molecule has 1 aromatic heterocycles. The fraction of sp³-hybridized carbons (Fsp3) is 0.455. The van der Waals surface area contributed by atoms with E-state index in [2.05, 4.69) is 15.3 Å². The molecular formula is C11H14N4O2. The molecule has 1 N–H and O–H groups in total. The van der Waals surface area contributed by atoms with Crippen LogP contribution in [-0.4, -0.2) is 39.9 Å². The molecule has 3 amide bonds. The third-order valence-electron chi connectivity index (χ3n) is 2.66. The number of piperidine rings is 1. The summed E-state index contributed by atoms with van der Waals surface area (Å²) in [5, 5.41) is 2.31. The number of likely N-dealkylation sites (tertiary alicyclic amines) is 1. The maximum atomic E-state index is 11.7. The van der Waals surface area contributed by atoms with Gasteiger partial charge in [-0.1, -0.05) is 0 Å². The number of aromatic nitrogens is 2. The summed E-state index contributed by atoms with van der Waals surface area (Å²) < 4.78 is 0. The molecule has 0 saturated carbocycles. The van der Waals surface area contributed by atoms with E-state index in [4.69, 9.17) is 0 Å². The van der Waals surface area contributed by atoms with Gasteiger partial charge in [0.2, 0.25) is 0 Å². The van der Waals surface area contributed by atoms with Gasteiger partial charge in [0.15, 0.2) is 0 Å².